The number of phenols is 1. The molecule has 0 fully saturated rings. The molecule has 0 saturated carbocycles. The molecule has 0 aliphatic rings. The van der Waals surface area contributed by atoms with E-state index in [1.54, 1.807) is 10.6 Å². The number of hydrogen-bond donors (Lipinski definition) is 1. The number of aromatic hydroxyl groups is 1. The van der Waals surface area contributed by atoms with E-state index in [4.69, 9.17) is 20.1 Å². The average molecular weight is 1130 g/mol. The maximum Gasteiger partial charge on any atom is 0.148 e. The standard InChI is InChI=1S/C66H68N3O.Pt/c1-41-34-46(59-52(44-20-16-15-17-21-44)22-18-24-55(59)66(12,13)14)28-31-57(41)69-58-25-19-23-53(60(58)68-62(69)54-40-50(64(6,7)8)35-42(2)61(54)70)47-36-48(38-51(37-47)65(9,10)11)56-39-45(32-33-67-56)43-26-29-49(30-27-43)63(3,4)5;/h15-35,37-40,70H,1-14H3;/q-1;/i1D3,3D3,4D3,5D3,26D,27D,29D,30D;. The molecule has 71 heavy (non-hydrogen) atoms. The molecule has 1 N–H and O–H groups in total. The number of benzene rings is 7. The minimum absolute atomic E-state index is 0. The summed E-state index contributed by atoms with van der Waals surface area (Å²) in [6.45, 7) is 6.28. The Morgan fingerprint density at radius 2 is 1.24 bits per heavy atom. The zero-order chi connectivity index (χ0) is 63.6. The Morgan fingerprint density at radius 1 is 0.563 bits per heavy atom. The van der Waals surface area contributed by atoms with Gasteiger partial charge in [-0.25, -0.2) is 4.98 Å². The first-order chi connectivity index (χ1) is 39.6. The summed E-state index contributed by atoms with van der Waals surface area (Å²) in [5, 5.41) is 12.2. The molecule has 0 radical (unpaired) electrons. The molecule has 9 aromatic rings. The minimum atomic E-state index is -3.84. The monoisotopic (exact) mass is 1130 g/mol. The van der Waals surface area contributed by atoms with E-state index >= 15 is 0 Å². The molecule has 0 bridgehead atoms. The van der Waals surface area contributed by atoms with Gasteiger partial charge in [0.25, 0.3) is 0 Å². The van der Waals surface area contributed by atoms with Crippen LogP contribution in [0.15, 0.2) is 152 Å². The van der Waals surface area contributed by atoms with Crippen LogP contribution < -0.4 is 0 Å². The normalized spacial score (nSPS) is 16.3. The van der Waals surface area contributed by atoms with Crippen molar-refractivity contribution in [1.82, 2.24) is 14.5 Å². The summed E-state index contributed by atoms with van der Waals surface area (Å²) in [6.07, 6.45) is 1.38. The van der Waals surface area contributed by atoms with Crippen molar-refractivity contribution < 1.29 is 48.1 Å². The van der Waals surface area contributed by atoms with Gasteiger partial charge >= 0.3 is 0 Å². The first kappa shape index (κ1) is 34.1. The van der Waals surface area contributed by atoms with Crippen molar-refractivity contribution in [2.45, 2.75) is 118 Å². The van der Waals surface area contributed by atoms with Crippen molar-refractivity contribution in [3.8, 4) is 78.6 Å². The predicted molar refractivity (Wildman–Crippen MR) is 296 cm³/mol. The number of hydrogen-bond acceptors (Lipinski definition) is 3. The van der Waals surface area contributed by atoms with Crippen molar-refractivity contribution in [3.63, 3.8) is 0 Å². The van der Waals surface area contributed by atoms with Crippen molar-refractivity contribution in [2.75, 3.05) is 0 Å². The number of pyridine rings is 1. The van der Waals surface area contributed by atoms with Crippen molar-refractivity contribution in [2.24, 2.45) is 0 Å². The summed E-state index contributed by atoms with van der Waals surface area (Å²) in [4.78, 5) is 10.1. The van der Waals surface area contributed by atoms with Crippen LogP contribution in [0.25, 0.3) is 83.9 Å². The summed E-state index contributed by atoms with van der Waals surface area (Å²) in [5.41, 5.74) is 3.73. The maximum atomic E-state index is 12.2. The summed E-state index contributed by atoms with van der Waals surface area (Å²) in [6, 6.07) is 37.4. The Kier molecular flexibility index (Phi) is 9.13. The van der Waals surface area contributed by atoms with Crippen LogP contribution in [0.5, 0.6) is 5.75 Å². The van der Waals surface area contributed by atoms with E-state index in [1.807, 2.05) is 119 Å². The van der Waals surface area contributed by atoms with Crippen molar-refractivity contribution in [3.05, 3.63) is 191 Å². The SMILES string of the molecule is [2H]c1c([2H])c(C(C([2H])([2H])[2H])(C([2H])([2H])[2H])C([2H])([2H])[2H])c([2H])c([2H])c1-c1ccnc(-c2[c-]c(-c3cccc4c3nc(-c3cc(C(C)(C)C)cc(C)c3O)n4-c3ccc(-c4c(-c5ccccc5)cccc4C(C)(C)C)cc3C([2H])([2H])[2H])cc(C(C)(C)C)c2)c1.[Pt]. The molecule has 0 spiro atoms. The van der Waals surface area contributed by atoms with Gasteiger partial charge < -0.3 is 5.11 Å². The summed E-state index contributed by atoms with van der Waals surface area (Å²) in [7, 11) is 0. The van der Waals surface area contributed by atoms with E-state index in [1.165, 1.54) is 18.3 Å². The molecule has 0 unspecified atom stereocenters. The van der Waals surface area contributed by atoms with Gasteiger partial charge in [0.1, 0.15) is 11.6 Å². The number of para-hydroxylation sites is 1. The van der Waals surface area contributed by atoms with E-state index in [0.717, 1.165) is 33.4 Å². The van der Waals surface area contributed by atoms with E-state index < -0.39 is 68.0 Å². The second-order valence-electron chi connectivity index (χ2n) is 21.3. The topological polar surface area (TPSA) is 50.9 Å². The zero-order valence-electron chi connectivity index (χ0n) is 57.7. The van der Waals surface area contributed by atoms with Crippen molar-refractivity contribution >= 4 is 11.0 Å². The molecule has 0 aliphatic carbocycles. The van der Waals surface area contributed by atoms with Gasteiger partial charge in [-0.15, -0.1) is 29.3 Å². The molecule has 364 valence electrons. The Hall–Kier alpha value is -6.35. The maximum absolute atomic E-state index is 12.2. The van der Waals surface area contributed by atoms with E-state index in [-0.39, 0.29) is 65.9 Å². The van der Waals surface area contributed by atoms with Crippen LogP contribution in [0.2, 0.25) is 0 Å². The van der Waals surface area contributed by atoms with Gasteiger partial charge in [0.15, 0.2) is 0 Å². The second-order valence-corrected chi connectivity index (χ2v) is 21.3. The Labute approximate surface area is 460 Å². The number of aromatic nitrogens is 3. The third-order valence-electron chi connectivity index (χ3n) is 12.9. The van der Waals surface area contributed by atoms with Crippen LogP contribution in [0.3, 0.4) is 0 Å². The molecular formula is C66H68N3OPt-. The molecule has 9 rings (SSSR count). The van der Waals surface area contributed by atoms with Gasteiger partial charge in [0.05, 0.1) is 27.8 Å². The van der Waals surface area contributed by atoms with Crippen LogP contribution >= 0.6 is 0 Å². The Balaban J connectivity index is 0.00000982. The summed E-state index contributed by atoms with van der Waals surface area (Å²) < 4.78 is 140. The Bertz CT molecular complexity index is 4070. The predicted octanol–water partition coefficient (Wildman–Crippen LogP) is 17.7. The van der Waals surface area contributed by atoms with Crippen LogP contribution in [-0.2, 0) is 42.7 Å². The van der Waals surface area contributed by atoms with Crippen molar-refractivity contribution in [1.29, 1.82) is 0 Å². The fourth-order valence-corrected chi connectivity index (χ4v) is 9.02. The first-order valence-electron chi connectivity index (χ1n) is 31.5. The molecule has 4 nitrogen and oxygen atoms in total. The van der Waals surface area contributed by atoms with Crippen LogP contribution in [-0.4, -0.2) is 19.6 Å². The zero-order valence-corrected chi connectivity index (χ0v) is 44.0. The molecule has 2 aromatic heterocycles. The largest absolute Gasteiger partial charge is 0.507 e. The van der Waals surface area contributed by atoms with E-state index in [0.29, 0.717) is 50.1 Å². The fraction of sp³-hybridized carbons (Fsp3) is 0.273. The van der Waals surface area contributed by atoms with Gasteiger partial charge in [-0.1, -0.05) is 197 Å². The van der Waals surface area contributed by atoms with Crippen LogP contribution in [0.4, 0.5) is 0 Å². The molecule has 2 heterocycles. The van der Waals surface area contributed by atoms with Gasteiger partial charge in [-0.3, -0.25) is 9.55 Å². The van der Waals surface area contributed by atoms with Gasteiger partial charge in [-0.05, 0) is 127 Å². The molecule has 0 atom stereocenters. The third kappa shape index (κ3) is 10.1. The summed E-state index contributed by atoms with van der Waals surface area (Å²) >= 11 is 0. The molecule has 7 aromatic carbocycles. The quantitative estimate of drug-likeness (QED) is 0.162. The number of rotatable bonds is 7. The van der Waals surface area contributed by atoms with Gasteiger partial charge in [0, 0.05) is 49.4 Å². The molecule has 0 aliphatic heterocycles. The number of imidazole rings is 1. The second kappa shape index (κ2) is 19.0. The number of aryl methyl sites for hydroxylation is 2. The summed E-state index contributed by atoms with van der Waals surface area (Å²) in [5.74, 6) is 0.241. The van der Waals surface area contributed by atoms with Crippen LogP contribution in [0, 0.1) is 19.8 Å². The molecule has 0 saturated heterocycles. The molecule has 5 heteroatoms. The van der Waals surface area contributed by atoms with E-state index in [2.05, 4.69) is 64.7 Å². The molecular weight excluding hydrogens is 1050 g/mol. The van der Waals surface area contributed by atoms with Gasteiger partial charge in [-0.2, -0.15) is 0 Å². The smallest absolute Gasteiger partial charge is 0.148 e. The first-order valence-corrected chi connectivity index (χ1v) is 23.5. The average Bonchev–Trinajstić information content (AvgIpc) is 0.949. The van der Waals surface area contributed by atoms with Gasteiger partial charge in [0.2, 0.25) is 0 Å². The minimum Gasteiger partial charge on any atom is -0.507 e. The van der Waals surface area contributed by atoms with E-state index in [9.17, 15) is 12.0 Å². The number of nitrogens with zero attached hydrogens (tertiary/aromatic N) is 3. The Morgan fingerprint density at radius 3 is 1.92 bits per heavy atom. The number of fused-ring (bicyclic) bond motifs is 1. The van der Waals surface area contributed by atoms with Crippen LogP contribution in [0.1, 0.15) is 138 Å². The fourth-order valence-electron chi connectivity index (χ4n) is 9.02. The molecule has 0 amide bonds. The third-order valence-corrected chi connectivity index (χ3v) is 12.9. The number of phenolic OH excluding ortho intramolecular Hbond substituents is 1.